The van der Waals surface area contributed by atoms with E-state index in [1.165, 1.54) is 12.1 Å². The summed E-state index contributed by atoms with van der Waals surface area (Å²) in [5.74, 6) is -0.223. The molecule has 2 nitrogen and oxygen atoms in total. The highest BCUT2D eigenvalue weighted by Crippen LogP contribution is 2.17. The Labute approximate surface area is 113 Å². The third-order valence-corrected chi connectivity index (χ3v) is 2.96. The Balaban J connectivity index is 2.26. The van der Waals surface area contributed by atoms with Gasteiger partial charge in [0.25, 0.3) is 0 Å². The standard InChI is InChI=1S/C16H17FN2/c1-12(11-13-6-8-14(17)9-7-13)16(18-2)15-5-3-4-10-19-15/h5-11H,3-4H2,1-2H3/b12-11-,18-16+. The summed E-state index contributed by atoms with van der Waals surface area (Å²) in [6.07, 6.45) is 8.01. The van der Waals surface area contributed by atoms with Crippen LogP contribution < -0.4 is 0 Å². The van der Waals surface area contributed by atoms with Crippen molar-refractivity contribution >= 4 is 18.0 Å². The van der Waals surface area contributed by atoms with Crippen molar-refractivity contribution in [3.05, 3.63) is 53.0 Å². The van der Waals surface area contributed by atoms with Gasteiger partial charge in [0.2, 0.25) is 0 Å². The molecule has 2 rings (SSSR count). The fourth-order valence-electron chi connectivity index (χ4n) is 2.04. The molecule has 0 atom stereocenters. The van der Waals surface area contributed by atoms with E-state index in [1.807, 2.05) is 19.2 Å². The Hall–Kier alpha value is -2.03. The van der Waals surface area contributed by atoms with E-state index < -0.39 is 0 Å². The molecule has 0 radical (unpaired) electrons. The molecule has 1 aromatic carbocycles. The molecule has 0 unspecified atom stereocenters. The Morgan fingerprint density at radius 1 is 1.26 bits per heavy atom. The van der Waals surface area contributed by atoms with Gasteiger partial charge in [-0.25, -0.2) is 4.39 Å². The van der Waals surface area contributed by atoms with Crippen molar-refractivity contribution in [1.82, 2.24) is 0 Å². The second-order valence-electron chi connectivity index (χ2n) is 4.43. The highest BCUT2D eigenvalue weighted by Gasteiger charge is 2.09. The van der Waals surface area contributed by atoms with Gasteiger partial charge in [0, 0.05) is 13.3 Å². The van der Waals surface area contributed by atoms with Gasteiger partial charge in [-0.1, -0.05) is 18.2 Å². The number of hydrogen-bond acceptors (Lipinski definition) is 2. The smallest absolute Gasteiger partial charge is 0.123 e. The molecular formula is C16H17FN2. The van der Waals surface area contributed by atoms with Gasteiger partial charge in [0.05, 0.1) is 11.4 Å². The number of allylic oxidation sites excluding steroid dienone is 2. The van der Waals surface area contributed by atoms with Crippen LogP contribution in [0, 0.1) is 5.82 Å². The van der Waals surface area contributed by atoms with Crippen LogP contribution in [0.3, 0.4) is 0 Å². The molecule has 19 heavy (non-hydrogen) atoms. The summed E-state index contributed by atoms with van der Waals surface area (Å²) in [6, 6.07) is 6.43. The van der Waals surface area contributed by atoms with Crippen molar-refractivity contribution in [3.8, 4) is 0 Å². The van der Waals surface area contributed by atoms with Crippen LogP contribution in [0.15, 0.2) is 51.6 Å². The summed E-state index contributed by atoms with van der Waals surface area (Å²) in [5.41, 5.74) is 3.80. The first kappa shape index (κ1) is 13.4. The summed E-state index contributed by atoms with van der Waals surface area (Å²) in [6.45, 7) is 2.00. The zero-order valence-corrected chi connectivity index (χ0v) is 11.2. The summed E-state index contributed by atoms with van der Waals surface area (Å²) in [7, 11) is 1.77. The molecule has 0 amide bonds. The molecule has 0 N–H and O–H groups in total. The number of hydrogen-bond donors (Lipinski definition) is 0. The lowest BCUT2D eigenvalue weighted by Crippen LogP contribution is -2.05. The first-order chi connectivity index (χ1) is 9.20. The largest absolute Gasteiger partial charge is 0.286 e. The molecule has 0 aromatic heterocycles. The van der Waals surface area contributed by atoms with Crippen molar-refractivity contribution in [2.24, 2.45) is 9.98 Å². The van der Waals surface area contributed by atoms with E-state index >= 15 is 0 Å². The summed E-state index contributed by atoms with van der Waals surface area (Å²) >= 11 is 0. The number of rotatable bonds is 3. The highest BCUT2D eigenvalue weighted by molar-refractivity contribution is 6.14. The van der Waals surface area contributed by atoms with E-state index in [1.54, 1.807) is 19.2 Å². The van der Waals surface area contributed by atoms with Crippen LogP contribution in [0.1, 0.15) is 25.3 Å². The van der Waals surface area contributed by atoms with E-state index in [9.17, 15) is 4.39 Å². The summed E-state index contributed by atoms with van der Waals surface area (Å²) in [5, 5.41) is 0. The maximum absolute atomic E-state index is 12.9. The van der Waals surface area contributed by atoms with Gasteiger partial charge >= 0.3 is 0 Å². The third kappa shape index (κ3) is 3.47. The molecule has 0 saturated heterocycles. The Bertz CT molecular complexity index is 563. The fourth-order valence-corrected chi connectivity index (χ4v) is 2.04. The molecule has 1 aliphatic rings. The van der Waals surface area contributed by atoms with Crippen LogP contribution in [0.25, 0.3) is 6.08 Å². The minimum absolute atomic E-state index is 0.223. The van der Waals surface area contributed by atoms with Gasteiger partial charge in [0.15, 0.2) is 0 Å². The molecule has 0 fully saturated rings. The van der Waals surface area contributed by atoms with Crippen molar-refractivity contribution in [1.29, 1.82) is 0 Å². The van der Waals surface area contributed by atoms with E-state index in [-0.39, 0.29) is 5.82 Å². The molecule has 1 heterocycles. The van der Waals surface area contributed by atoms with E-state index in [0.29, 0.717) is 0 Å². The van der Waals surface area contributed by atoms with Crippen LogP contribution in [-0.4, -0.2) is 19.0 Å². The molecule has 0 saturated carbocycles. The average Bonchev–Trinajstić information content (AvgIpc) is 2.43. The normalized spacial score (nSPS) is 16.5. The maximum atomic E-state index is 12.9. The predicted molar refractivity (Wildman–Crippen MR) is 79.2 cm³/mol. The lowest BCUT2D eigenvalue weighted by Gasteiger charge is -2.10. The second kappa shape index (κ2) is 6.23. The van der Waals surface area contributed by atoms with Gasteiger partial charge in [0.1, 0.15) is 5.82 Å². The van der Waals surface area contributed by atoms with Crippen LogP contribution in [-0.2, 0) is 0 Å². The summed E-state index contributed by atoms with van der Waals surface area (Å²) in [4.78, 5) is 8.70. The average molecular weight is 256 g/mol. The number of nitrogens with zero attached hydrogens (tertiary/aromatic N) is 2. The van der Waals surface area contributed by atoms with Gasteiger partial charge in [-0.15, -0.1) is 0 Å². The quantitative estimate of drug-likeness (QED) is 0.729. The minimum atomic E-state index is -0.223. The lowest BCUT2D eigenvalue weighted by atomic mass is 10.0. The number of benzene rings is 1. The monoisotopic (exact) mass is 256 g/mol. The zero-order chi connectivity index (χ0) is 13.7. The number of aliphatic imine (C=N–C) groups is 2. The second-order valence-corrected chi connectivity index (χ2v) is 4.43. The van der Waals surface area contributed by atoms with E-state index in [4.69, 9.17) is 0 Å². The Kier molecular flexibility index (Phi) is 4.39. The van der Waals surface area contributed by atoms with Gasteiger partial charge in [-0.2, -0.15) is 0 Å². The lowest BCUT2D eigenvalue weighted by molar-refractivity contribution is 0.628. The van der Waals surface area contributed by atoms with Crippen molar-refractivity contribution in [2.75, 3.05) is 7.05 Å². The molecule has 3 heteroatoms. The number of halogens is 1. The van der Waals surface area contributed by atoms with Gasteiger partial charge < -0.3 is 0 Å². The highest BCUT2D eigenvalue weighted by atomic mass is 19.1. The maximum Gasteiger partial charge on any atom is 0.123 e. The first-order valence-electron chi connectivity index (χ1n) is 6.35. The fraction of sp³-hybridized carbons (Fsp3) is 0.250. The molecule has 98 valence electrons. The molecule has 1 aromatic rings. The zero-order valence-electron chi connectivity index (χ0n) is 11.2. The molecule has 1 aliphatic heterocycles. The molecule has 0 bridgehead atoms. The Morgan fingerprint density at radius 2 is 2.00 bits per heavy atom. The third-order valence-electron chi connectivity index (χ3n) is 2.96. The topological polar surface area (TPSA) is 24.7 Å². The first-order valence-corrected chi connectivity index (χ1v) is 6.35. The van der Waals surface area contributed by atoms with E-state index in [0.717, 1.165) is 35.4 Å². The van der Waals surface area contributed by atoms with Crippen molar-refractivity contribution in [2.45, 2.75) is 19.8 Å². The van der Waals surface area contributed by atoms with Crippen molar-refractivity contribution < 1.29 is 4.39 Å². The molecule has 0 spiro atoms. The van der Waals surface area contributed by atoms with Crippen LogP contribution in [0.5, 0.6) is 0 Å². The van der Waals surface area contributed by atoms with Crippen LogP contribution in [0.2, 0.25) is 0 Å². The van der Waals surface area contributed by atoms with Gasteiger partial charge in [-0.05, 0) is 49.1 Å². The predicted octanol–water partition coefficient (Wildman–Crippen LogP) is 4.05. The molecular weight excluding hydrogens is 239 g/mol. The van der Waals surface area contributed by atoms with Gasteiger partial charge in [-0.3, -0.25) is 9.98 Å². The minimum Gasteiger partial charge on any atom is -0.286 e. The van der Waals surface area contributed by atoms with Crippen LogP contribution in [0.4, 0.5) is 4.39 Å². The summed E-state index contributed by atoms with van der Waals surface area (Å²) < 4.78 is 12.9. The molecule has 0 aliphatic carbocycles. The van der Waals surface area contributed by atoms with Crippen molar-refractivity contribution in [3.63, 3.8) is 0 Å². The van der Waals surface area contributed by atoms with E-state index in [2.05, 4.69) is 16.1 Å². The Morgan fingerprint density at radius 3 is 2.58 bits per heavy atom. The SMILES string of the molecule is C/N=C(C1=CCCC=N1)\C(C)=C/c1ccc(F)cc1. The van der Waals surface area contributed by atoms with Crippen LogP contribution >= 0.6 is 0 Å².